The average molecular weight is 1140 g/mol. The Labute approximate surface area is 214 Å². The molecule has 0 saturated heterocycles. The van der Waals surface area contributed by atoms with Crippen molar-refractivity contribution in [1.29, 1.82) is 0 Å². The highest BCUT2D eigenvalue weighted by Crippen LogP contribution is 2.38. The van der Waals surface area contributed by atoms with E-state index in [0.717, 1.165) is 27.5 Å². The molecule has 0 saturated carbocycles. The van der Waals surface area contributed by atoms with E-state index in [1.165, 1.54) is 4.43 Å². The Morgan fingerprint density at radius 1 is 0.647 bits per heavy atom. The SMILES string of the molecule is CC(I)C(I)C(I)C(I)C(I)C(I)C(I)CI. The van der Waals surface area contributed by atoms with E-state index in [9.17, 15) is 0 Å². The van der Waals surface area contributed by atoms with Crippen molar-refractivity contribution in [2.24, 2.45) is 0 Å². The van der Waals surface area contributed by atoms with Crippen LogP contribution in [0.1, 0.15) is 6.92 Å². The molecule has 0 aromatic rings. The molecule has 17 heavy (non-hydrogen) atoms. The van der Waals surface area contributed by atoms with Crippen LogP contribution in [0.5, 0.6) is 0 Å². The molecule has 0 aliphatic rings. The number of alkyl halides is 8. The molecular weight excluding hydrogens is 1120 g/mol. The zero-order valence-electron chi connectivity index (χ0n) is 8.77. The van der Waals surface area contributed by atoms with Crippen molar-refractivity contribution in [3.05, 3.63) is 0 Å². The van der Waals surface area contributed by atoms with Gasteiger partial charge in [-0.1, -0.05) is 188 Å². The quantitative estimate of drug-likeness (QED) is 0.189. The van der Waals surface area contributed by atoms with E-state index < -0.39 is 0 Å². The Morgan fingerprint density at radius 2 is 1.00 bits per heavy atom. The lowest BCUT2D eigenvalue weighted by Gasteiger charge is -2.31. The molecule has 0 nitrogen and oxygen atoms in total. The third-order valence-electron chi connectivity index (χ3n) is 2.15. The van der Waals surface area contributed by atoms with Gasteiger partial charge >= 0.3 is 0 Å². The maximum atomic E-state index is 2.67. The summed E-state index contributed by atoms with van der Waals surface area (Å²) in [6.07, 6.45) is 0. The van der Waals surface area contributed by atoms with Crippen molar-refractivity contribution in [1.82, 2.24) is 0 Å². The Balaban J connectivity index is 4.53. The molecule has 104 valence electrons. The van der Waals surface area contributed by atoms with Crippen LogP contribution in [0.25, 0.3) is 0 Å². The molecule has 8 heteroatoms. The van der Waals surface area contributed by atoms with E-state index >= 15 is 0 Å². The Kier molecular flexibility index (Phi) is 16.4. The largest absolute Gasteiger partial charge is 0.0852 e. The van der Waals surface area contributed by atoms with Gasteiger partial charge in [0.05, 0.1) is 0 Å². The van der Waals surface area contributed by atoms with Crippen molar-refractivity contribution in [3.8, 4) is 0 Å². The minimum Gasteiger partial charge on any atom is -0.0852 e. The fraction of sp³-hybridized carbons (Fsp3) is 1.00. The van der Waals surface area contributed by atoms with Crippen LogP contribution >= 0.6 is 181 Å². The zero-order chi connectivity index (χ0) is 13.7. The van der Waals surface area contributed by atoms with Crippen LogP contribution in [0.15, 0.2) is 0 Å². The summed E-state index contributed by atoms with van der Waals surface area (Å²) in [6, 6.07) is 0. The molecule has 0 N–H and O–H groups in total. The first-order valence-corrected chi connectivity index (χ1v) is 15.0. The van der Waals surface area contributed by atoms with E-state index in [0.29, 0.717) is 0 Å². The second-order valence-corrected chi connectivity index (χ2v) is 15.2. The highest BCUT2D eigenvalue weighted by molar-refractivity contribution is 14.1. The van der Waals surface area contributed by atoms with Crippen molar-refractivity contribution >= 4 is 181 Å². The van der Waals surface area contributed by atoms with Gasteiger partial charge in [0.2, 0.25) is 0 Å². The van der Waals surface area contributed by atoms with E-state index in [1.54, 1.807) is 0 Å². The molecule has 0 rings (SSSR count). The lowest BCUT2D eigenvalue weighted by Crippen LogP contribution is -2.40. The van der Waals surface area contributed by atoms with E-state index in [4.69, 9.17) is 0 Å². The smallest absolute Gasteiger partial charge is 0.0366 e. The monoisotopic (exact) mass is 1140 g/mol. The molecule has 0 bridgehead atoms. The predicted octanol–water partition coefficient (Wildman–Crippen LogP) is 7.07. The van der Waals surface area contributed by atoms with Gasteiger partial charge in [0.25, 0.3) is 0 Å². The first-order chi connectivity index (χ1) is 7.73. The second-order valence-electron chi connectivity index (χ2n) is 3.57. The summed E-state index contributed by atoms with van der Waals surface area (Å²) < 4.78 is 6.52. The van der Waals surface area contributed by atoms with E-state index in [1.807, 2.05) is 0 Å². The average Bonchev–Trinajstić information content (AvgIpc) is 2.32. The van der Waals surface area contributed by atoms with Crippen molar-refractivity contribution < 1.29 is 0 Å². The zero-order valence-corrected chi connectivity index (χ0v) is 26.0. The Bertz CT molecular complexity index is 211. The van der Waals surface area contributed by atoms with Crippen LogP contribution in [0, 0.1) is 0 Å². The van der Waals surface area contributed by atoms with Gasteiger partial charge in [-0.25, -0.2) is 0 Å². The molecule has 7 atom stereocenters. The van der Waals surface area contributed by atoms with Gasteiger partial charge in [-0.3, -0.25) is 0 Å². The van der Waals surface area contributed by atoms with Crippen LogP contribution in [-0.2, 0) is 0 Å². The van der Waals surface area contributed by atoms with Crippen molar-refractivity contribution in [2.45, 2.75) is 34.4 Å². The minimum atomic E-state index is 0.739. The van der Waals surface area contributed by atoms with E-state index in [-0.39, 0.29) is 0 Å². The number of hydrogen-bond donors (Lipinski definition) is 0. The maximum Gasteiger partial charge on any atom is 0.0366 e. The van der Waals surface area contributed by atoms with E-state index in [2.05, 4.69) is 188 Å². The molecule has 0 aromatic carbocycles. The molecule has 0 aromatic heterocycles. The lowest BCUT2D eigenvalue weighted by molar-refractivity contribution is 0.752. The predicted molar refractivity (Wildman–Crippen MR) is 149 cm³/mol. The first kappa shape index (κ1) is 22.8. The highest BCUT2D eigenvalue weighted by Gasteiger charge is 2.35. The normalized spacial score (nSPS) is 24.5. The molecule has 0 amide bonds. The topological polar surface area (TPSA) is 0 Å². The molecule has 0 spiro atoms. The number of rotatable bonds is 7. The summed E-state index contributed by atoms with van der Waals surface area (Å²) in [4.78, 5) is 0. The van der Waals surface area contributed by atoms with Gasteiger partial charge < -0.3 is 0 Å². The molecule has 0 heterocycles. The molecule has 0 aliphatic heterocycles. The molecule has 0 fully saturated rings. The summed E-state index contributed by atoms with van der Waals surface area (Å²) in [5, 5.41) is 0. The fourth-order valence-corrected chi connectivity index (χ4v) is 11.5. The van der Waals surface area contributed by atoms with Crippen LogP contribution in [-0.4, -0.2) is 31.9 Å². The Morgan fingerprint density at radius 3 is 1.35 bits per heavy atom. The van der Waals surface area contributed by atoms with Gasteiger partial charge in [0.15, 0.2) is 0 Å². The molecule has 0 aliphatic carbocycles. The third kappa shape index (κ3) is 8.48. The highest BCUT2D eigenvalue weighted by atomic mass is 127. The lowest BCUT2D eigenvalue weighted by atomic mass is 10.1. The van der Waals surface area contributed by atoms with Gasteiger partial charge in [-0.2, -0.15) is 0 Å². The fourth-order valence-electron chi connectivity index (χ4n) is 1.06. The summed E-state index contributed by atoms with van der Waals surface area (Å²) in [6.45, 7) is 2.32. The van der Waals surface area contributed by atoms with Gasteiger partial charge in [0, 0.05) is 31.9 Å². The summed E-state index contributed by atoms with van der Waals surface area (Å²) in [5.41, 5.74) is 0. The maximum absolute atomic E-state index is 2.67. The Hall–Kier alpha value is 5.84. The minimum absolute atomic E-state index is 0.739. The molecular formula is C9H12I8. The van der Waals surface area contributed by atoms with Gasteiger partial charge in [-0.15, -0.1) is 0 Å². The van der Waals surface area contributed by atoms with Gasteiger partial charge in [0.1, 0.15) is 0 Å². The van der Waals surface area contributed by atoms with Crippen molar-refractivity contribution in [2.75, 3.05) is 4.43 Å². The number of halogens is 8. The van der Waals surface area contributed by atoms with Crippen LogP contribution in [0.2, 0.25) is 0 Å². The van der Waals surface area contributed by atoms with Crippen LogP contribution in [0.4, 0.5) is 0 Å². The van der Waals surface area contributed by atoms with Crippen molar-refractivity contribution in [3.63, 3.8) is 0 Å². The van der Waals surface area contributed by atoms with Gasteiger partial charge in [-0.05, 0) is 0 Å². The van der Waals surface area contributed by atoms with Crippen LogP contribution < -0.4 is 0 Å². The summed E-state index contributed by atoms with van der Waals surface area (Å²) in [7, 11) is 0. The standard InChI is InChI=1S/C9H12I8/c1-3(11)5(13)7(15)9(17)8(16)6(14)4(12)2-10/h3-9H,2H2,1H3. The molecule has 7 unspecified atom stereocenters. The number of hydrogen-bond acceptors (Lipinski definition) is 0. The third-order valence-corrected chi connectivity index (χ3v) is 23.2. The first-order valence-electron chi connectivity index (χ1n) is 4.78. The summed E-state index contributed by atoms with van der Waals surface area (Å²) >= 11 is 20.9. The molecule has 0 radical (unpaired) electrons. The van der Waals surface area contributed by atoms with Crippen LogP contribution in [0.3, 0.4) is 0 Å². The second kappa shape index (κ2) is 12.2. The summed E-state index contributed by atoms with van der Waals surface area (Å²) in [5.74, 6) is 0.